The van der Waals surface area contributed by atoms with Gasteiger partial charge in [-0.25, -0.2) is 4.98 Å². The molecule has 3 aromatic rings. The van der Waals surface area contributed by atoms with Crippen molar-refractivity contribution >= 4 is 28.2 Å². The van der Waals surface area contributed by atoms with Crippen molar-refractivity contribution in [2.24, 2.45) is 0 Å². The summed E-state index contributed by atoms with van der Waals surface area (Å²) >= 11 is 1.54. The second-order valence-corrected chi connectivity index (χ2v) is 9.64. The number of aromatic nitrogens is 3. The highest BCUT2D eigenvalue weighted by Crippen LogP contribution is 2.36. The Balaban J connectivity index is 1.55. The van der Waals surface area contributed by atoms with Crippen LogP contribution in [0.4, 0.5) is 10.9 Å². The Morgan fingerprint density at radius 2 is 1.97 bits per heavy atom. The highest BCUT2D eigenvalue weighted by Gasteiger charge is 2.39. The molecule has 1 amide bonds. The fourth-order valence-corrected chi connectivity index (χ4v) is 4.72. The zero-order valence-electron chi connectivity index (χ0n) is 18.6. The largest absolute Gasteiger partial charge is 0.333 e. The molecule has 1 aliphatic heterocycles. The van der Waals surface area contributed by atoms with Gasteiger partial charge < -0.3 is 10.2 Å². The van der Waals surface area contributed by atoms with Gasteiger partial charge in [0.2, 0.25) is 11.0 Å². The van der Waals surface area contributed by atoms with Crippen LogP contribution >= 0.6 is 11.3 Å². The fourth-order valence-electron chi connectivity index (χ4n) is 4.03. The number of aryl methyl sites for hydroxylation is 2. The number of hydrogen-bond donors (Lipinski definition) is 1. The van der Waals surface area contributed by atoms with E-state index in [1.807, 2.05) is 36.9 Å². The highest BCUT2D eigenvalue weighted by atomic mass is 32.1. The summed E-state index contributed by atoms with van der Waals surface area (Å²) in [5, 5.41) is 13.3. The molecule has 1 aromatic carbocycles. The Kier molecular flexibility index (Phi) is 6.05. The van der Waals surface area contributed by atoms with Crippen LogP contribution in [0.1, 0.15) is 61.5 Å². The Morgan fingerprint density at radius 1 is 1.19 bits per heavy atom. The van der Waals surface area contributed by atoms with E-state index >= 15 is 0 Å². The van der Waals surface area contributed by atoms with Gasteiger partial charge in [0.15, 0.2) is 0 Å². The molecule has 7 heteroatoms. The summed E-state index contributed by atoms with van der Waals surface area (Å²) in [6, 6.07) is 14.2. The number of hydrogen-bond acceptors (Lipinski definition) is 6. The summed E-state index contributed by atoms with van der Waals surface area (Å²) in [4.78, 5) is 20.4. The maximum atomic E-state index is 13.6. The van der Waals surface area contributed by atoms with E-state index in [4.69, 9.17) is 4.98 Å². The molecule has 0 spiro atoms. The van der Waals surface area contributed by atoms with Crippen molar-refractivity contribution < 1.29 is 4.79 Å². The number of rotatable bonds is 6. The summed E-state index contributed by atoms with van der Waals surface area (Å²) in [7, 11) is 0. The van der Waals surface area contributed by atoms with Crippen LogP contribution in [-0.4, -0.2) is 32.5 Å². The summed E-state index contributed by atoms with van der Waals surface area (Å²) in [6.07, 6.45) is 2.77. The molecule has 3 heterocycles. The van der Waals surface area contributed by atoms with Gasteiger partial charge in [-0.2, -0.15) is 0 Å². The first-order chi connectivity index (χ1) is 14.9. The van der Waals surface area contributed by atoms with Gasteiger partial charge in [-0.3, -0.25) is 4.79 Å². The van der Waals surface area contributed by atoms with Gasteiger partial charge in [-0.15, -0.1) is 10.2 Å². The van der Waals surface area contributed by atoms with Crippen molar-refractivity contribution in [3.05, 3.63) is 64.3 Å². The van der Waals surface area contributed by atoms with Crippen LogP contribution < -0.4 is 5.32 Å². The molecule has 1 N–H and O–H groups in total. The predicted octanol–water partition coefficient (Wildman–Crippen LogP) is 5.19. The van der Waals surface area contributed by atoms with Gasteiger partial charge in [0.25, 0.3) is 0 Å². The van der Waals surface area contributed by atoms with E-state index in [2.05, 4.69) is 53.6 Å². The summed E-state index contributed by atoms with van der Waals surface area (Å²) in [5.41, 5.74) is 2.56. The number of nitrogens with zero attached hydrogens (tertiary/aromatic N) is 4. The minimum Gasteiger partial charge on any atom is -0.333 e. The average Bonchev–Trinajstić information content (AvgIpc) is 3.43. The van der Waals surface area contributed by atoms with Gasteiger partial charge in [0, 0.05) is 6.54 Å². The quantitative estimate of drug-likeness (QED) is 0.577. The van der Waals surface area contributed by atoms with E-state index in [-0.39, 0.29) is 11.9 Å². The van der Waals surface area contributed by atoms with Crippen molar-refractivity contribution in [3.8, 4) is 0 Å². The normalized spacial score (nSPS) is 16.5. The van der Waals surface area contributed by atoms with E-state index in [9.17, 15) is 4.79 Å². The smallest absolute Gasteiger partial charge is 0.233 e. The van der Waals surface area contributed by atoms with Gasteiger partial charge >= 0.3 is 0 Å². The van der Waals surface area contributed by atoms with E-state index in [1.165, 1.54) is 16.9 Å². The Bertz CT molecular complexity index is 1060. The number of likely N-dealkylation sites (tertiary alicyclic amines) is 1. The third-order valence-corrected chi connectivity index (χ3v) is 6.92. The number of carbonyl (C=O) groups is 1. The number of pyridine rings is 1. The summed E-state index contributed by atoms with van der Waals surface area (Å²) in [6.45, 7) is 8.91. The van der Waals surface area contributed by atoms with E-state index in [0.717, 1.165) is 53.0 Å². The highest BCUT2D eigenvalue weighted by molar-refractivity contribution is 7.15. The molecular weight excluding hydrogens is 406 g/mol. The topological polar surface area (TPSA) is 71.0 Å². The maximum Gasteiger partial charge on any atom is 0.233 e. The number of benzene rings is 1. The van der Waals surface area contributed by atoms with Crippen molar-refractivity contribution in [1.82, 2.24) is 20.1 Å². The standard InChI is InChI=1S/C24H29N5OS/c1-5-21-27-28-23(31-21)26-20-10-6-8-18(25-20)19-9-7-15-29(19)22(30)24(3,4)17-13-11-16(2)12-14-17/h6,8,10-14,19H,5,7,9,15H2,1-4H3,(H,25,26,28). The molecule has 2 aromatic heterocycles. The van der Waals surface area contributed by atoms with Crippen LogP contribution in [0.3, 0.4) is 0 Å². The lowest BCUT2D eigenvalue weighted by Crippen LogP contribution is -2.43. The third-order valence-electron chi connectivity index (χ3n) is 5.94. The first kappa shape index (κ1) is 21.4. The Labute approximate surface area is 187 Å². The van der Waals surface area contributed by atoms with Gasteiger partial charge in [-0.1, -0.05) is 54.2 Å². The van der Waals surface area contributed by atoms with Crippen molar-refractivity contribution in [3.63, 3.8) is 0 Å². The van der Waals surface area contributed by atoms with Crippen molar-refractivity contribution in [2.45, 2.75) is 58.4 Å². The van der Waals surface area contributed by atoms with E-state index in [0.29, 0.717) is 0 Å². The van der Waals surface area contributed by atoms with Crippen molar-refractivity contribution in [2.75, 3.05) is 11.9 Å². The van der Waals surface area contributed by atoms with Crippen LogP contribution in [0.2, 0.25) is 0 Å². The maximum absolute atomic E-state index is 13.6. The van der Waals surface area contributed by atoms with Crippen LogP contribution in [0.15, 0.2) is 42.5 Å². The number of anilines is 2. The summed E-state index contributed by atoms with van der Waals surface area (Å²) < 4.78 is 0. The Morgan fingerprint density at radius 3 is 2.68 bits per heavy atom. The lowest BCUT2D eigenvalue weighted by atomic mass is 9.82. The molecule has 1 fully saturated rings. The van der Waals surface area contributed by atoms with Gasteiger partial charge in [0.1, 0.15) is 10.8 Å². The molecule has 4 rings (SSSR count). The second kappa shape index (κ2) is 8.75. The van der Waals surface area contributed by atoms with Gasteiger partial charge in [0.05, 0.1) is 17.2 Å². The third kappa shape index (κ3) is 4.46. The predicted molar refractivity (Wildman–Crippen MR) is 125 cm³/mol. The molecular formula is C24H29N5OS. The first-order valence-electron chi connectivity index (χ1n) is 10.8. The molecule has 6 nitrogen and oxygen atoms in total. The second-order valence-electron chi connectivity index (χ2n) is 8.57. The van der Waals surface area contributed by atoms with Crippen LogP contribution in [0, 0.1) is 6.92 Å². The zero-order chi connectivity index (χ0) is 22.0. The molecule has 1 unspecified atom stereocenters. The molecule has 0 aliphatic carbocycles. The molecule has 1 aliphatic rings. The van der Waals surface area contributed by atoms with E-state index in [1.54, 1.807) is 0 Å². The fraction of sp³-hybridized carbons (Fsp3) is 0.417. The summed E-state index contributed by atoms with van der Waals surface area (Å²) in [5.74, 6) is 0.879. The minimum absolute atomic E-state index is 0.0143. The molecule has 31 heavy (non-hydrogen) atoms. The Hall–Kier alpha value is -2.80. The zero-order valence-corrected chi connectivity index (χ0v) is 19.4. The van der Waals surface area contributed by atoms with Crippen LogP contribution in [0.5, 0.6) is 0 Å². The number of carbonyl (C=O) groups excluding carboxylic acids is 1. The molecule has 0 saturated carbocycles. The SMILES string of the molecule is CCc1nnc(Nc2cccc(C3CCCN3C(=O)C(C)(C)c3ccc(C)cc3)n2)s1. The minimum atomic E-state index is -0.588. The lowest BCUT2D eigenvalue weighted by Gasteiger charge is -2.33. The van der Waals surface area contributed by atoms with Crippen LogP contribution in [0.25, 0.3) is 0 Å². The van der Waals surface area contributed by atoms with Crippen LogP contribution in [-0.2, 0) is 16.6 Å². The number of amides is 1. The molecule has 0 radical (unpaired) electrons. The molecule has 1 atom stereocenters. The molecule has 0 bridgehead atoms. The number of nitrogens with one attached hydrogen (secondary N) is 1. The average molecular weight is 436 g/mol. The monoisotopic (exact) mass is 435 g/mol. The van der Waals surface area contributed by atoms with E-state index < -0.39 is 5.41 Å². The first-order valence-corrected chi connectivity index (χ1v) is 11.6. The molecule has 162 valence electrons. The molecule has 1 saturated heterocycles. The van der Waals surface area contributed by atoms with Crippen molar-refractivity contribution in [1.29, 1.82) is 0 Å². The van der Waals surface area contributed by atoms with Gasteiger partial charge in [-0.05, 0) is 57.7 Å². The lowest BCUT2D eigenvalue weighted by molar-refractivity contribution is -0.137.